The van der Waals surface area contributed by atoms with Crippen molar-refractivity contribution in [1.29, 1.82) is 0 Å². The van der Waals surface area contributed by atoms with E-state index >= 15 is 0 Å². The third-order valence-corrected chi connectivity index (χ3v) is 10.6. The maximum Gasteiger partial charge on any atom is 0.123 e. The molecule has 0 bridgehead atoms. The van der Waals surface area contributed by atoms with E-state index in [2.05, 4.69) is 79.4 Å². The number of benzene rings is 5. The van der Waals surface area contributed by atoms with Crippen molar-refractivity contribution in [2.75, 3.05) is 0 Å². The minimum absolute atomic E-state index is 0. The van der Waals surface area contributed by atoms with E-state index in [1.807, 2.05) is 72.9 Å². The molecule has 49 heavy (non-hydrogen) atoms. The van der Waals surface area contributed by atoms with Gasteiger partial charge in [-0.3, -0.25) is 4.98 Å². The molecular weight excluding hydrogens is 802 g/mol. The van der Waals surface area contributed by atoms with Crippen molar-refractivity contribution < 1.29 is 28.9 Å². The number of rotatable bonds is 5. The molecule has 0 saturated heterocycles. The van der Waals surface area contributed by atoms with E-state index in [1.165, 1.54) is 17.3 Å². The summed E-state index contributed by atoms with van der Waals surface area (Å²) in [6, 6.07) is 43.8. The Hall–Kier alpha value is -4.68. The van der Waals surface area contributed by atoms with Gasteiger partial charge >= 0.3 is 0 Å². The van der Waals surface area contributed by atoms with E-state index in [0.29, 0.717) is 0 Å². The summed E-state index contributed by atoms with van der Waals surface area (Å²) in [5, 5.41) is 3.43. The zero-order valence-corrected chi connectivity index (χ0v) is 31.5. The van der Waals surface area contributed by atoms with Gasteiger partial charge < -0.3 is 14.0 Å². The van der Waals surface area contributed by atoms with E-state index in [-0.39, 0.29) is 32.0 Å². The number of hydrogen-bond acceptors (Lipinski definition) is 3. The molecule has 0 unspecified atom stereocenters. The Balaban J connectivity index is 0.000000208. The summed E-state index contributed by atoms with van der Waals surface area (Å²) < 4.78 is 21.9. The van der Waals surface area contributed by atoms with E-state index in [4.69, 9.17) is 9.40 Å². The summed E-state index contributed by atoms with van der Waals surface area (Å²) in [5.41, 5.74) is 8.53. The number of hydrogen-bond donors (Lipinski definition) is 0. The van der Waals surface area contributed by atoms with Crippen LogP contribution in [0.5, 0.6) is 0 Å². The second kappa shape index (κ2) is 14.0. The molecular formula is C42H36FIrN3OSi-2. The van der Waals surface area contributed by atoms with Gasteiger partial charge in [-0.05, 0) is 72.3 Å². The van der Waals surface area contributed by atoms with Crippen molar-refractivity contribution in [2.45, 2.75) is 39.5 Å². The SMILES string of the molecule is CC(C)n1c(-c2[c-]ccc3c2oc2ccc(-c4ccc(F)cc4)cc23)nc2ccccc21.C[Si](C)(C)c1ccc(-c2[c-]cccc2)nc1.[Ir]. The van der Waals surface area contributed by atoms with Crippen LogP contribution in [0.4, 0.5) is 4.39 Å². The van der Waals surface area contributed by atoms with Crippen molar-refractivity contribution in [3.05, 3.63) is 139 Å². The Morgan fingerprint density at radius 1 is 0.776 bits per heavy atom. The predicted octanol–water partition coefficient (Wildman–Crippen LogP) is 10.9. The van der Waals surface area contributed by atoms with Gasteiger partial charge in [0.05, 0.1) is 30.5 Å². The topological polar surface area (TPSA) is 43.9 Å². The molecule has 0 atom stereocenters. The van der Waals surface area contributed by atoms with E-state index < -0.39 is 8.07 Å². The Morgan fingerprint density at radius 2 is 1.53 bits per heavy atom. The standard InChI is InChI=1S/C28H20FN2O.C14H16NSi.Ir/c1-17(2)31-25-9-4-3-8-24(25)30-28(31)22-7-5-6-21-23-16-19(12-15-26(23)32-27(21)22)18-10-13-20(29)14-11-18;1-16(2,3)13-9-10-14(15-11-13)12-7-5-4-6-8-12;/h3-6,8-17H,1-2H3;4-7,9-11H,1-3H3;/q2*-1;. The summed E-state index contributed by atoms with van der Waals surface area (Å²) in [4.78, 5) is 9.45. The summed E-state index contributed by atoms with van der Waals surface area (Å²) in [6.45, 7) is 11.3. The first-order valence-electron chi connectivity index (χ1n) is 16.2. The molecule has 0 N–H and O–H groups in total. The fourth-order valence-electron chi connectivity index (χ4n) is 6.02. The first-order valence-corrected chi connectivity index (χ1v) is 19.7. The largest absolute Gasteiger partial charge is 0.501 e. The van der Waals surface area contributed by atoms with E-state index in [1.54, 1.807) is 12.1 Å². The molecule has 0 aliphatic heterocycles. The van der Waals surface area contributed by atoms with E-state index in [0.717, 1.165) is 66.7 Å². The van der Waals surface area contributed by atoms with Crippen LogP contribution in [0.15, 0.2) is 126 Å². The van der Waals surface area contributed by atoms with Crippen LogP contribution in [-0.4, -0.2) is 22.6 Å². The Morgan fingerprint density at radius 3 is 2.22 bits per heavy atom. The maximum atomic E-state index is 13.4. The number of halogens is 1. The van der Waals surface area contributed by atoms with E-state index in [9.17, 15) is 4.39 Å². The van der Waals surface area contributed by atoms with Gasteiger partial charge in [-0.15, -0.1) is 54.1 Å². The molecule has 3 aromatic heterocycles. The molecule has 8 rings (SSSR count). The molecule has 3 heterocycles. The molecule has 8 aromatic rings. The van der Waals surface area contributed by atoms with Crippen LogP contribution in [0.2, 0.25) is 19.6 Å². The number of nitrogens with zero attached hydrogens (tertiary/aromatic N) is 3. The van der Waals surface area contributed by atoms with Crippen molar-refractivity contribution in [3.63, 3.8) is 0 Å². The van der Waals surface area contributed by atoms with Crippen molar-refractivity contribution >= 4 is 46.2 Å². The average molecular weight is 838 g/mol. The number of aromatic nitrogens is 3. The van der Waals surface area contributed by atoms with Gasteiger partial charge in [0, 0.05) is 37.7 Å². The number of furan rings is 1. The molecule has 0 aliphatic carbocycles. The maximum absolute atomic E-state index is 13.4. The van der Waals surface area contributed by atoms with Crippen molar-refractivity contribution in [3.8, 4) is 33.8 Å². The number of imidazole rings is 1. The zero-order valence-electron chi connectivity index (χ0n) is 28.1. The molecule has 247 valence electrons. The number of pyridine rings is 1. The first-order chi connectivity index (χ1) is 23.2. The monoisotopic (exact) mass is 838 g/mol. The van der Waals surface area contributed by atoms with Gasteiger partial charge in [0.25, 0.3) is 0 Å². The second-order valence-electron chi connectivity index (χ2n) is 13.3. The summed E-state index contributed by atoms with van der Waals surface area (Å²) in [7, 11) is -1.23. The fourth-order valence-corrected chi connectivity index (χ4v) is 7.06. The molecule has 0 aliphatic rings. The van der Waals surface area contributed by atoms with Crippen LogP contribution in [0, 0.1) is 17.9 Å². The van der Waals surface area contributed by atoms with Crippen LogP contribution in [-0.2, 0) is 20.1 Å². The Bertz CT molecular complexity index is 2360. The first kappa shape index (κ1) is 34.2. The number of para-hydroxylation sites is 2. The van der Waals surface area contributed by atoms with Gasteiger partial charge in [0.2, 0.25) is 0 Å². The minimum Gasteiger partial charge on any atom is -0.501 e. The molecule has 0 amide bonds. The van der Waals surface area contributed by atoms with Gasteiger partial charge in [0.1, 0.15) is 11.4 Å². The van der Waals surface area contributed by atoms with Crippen LogP contribution in [0.3, 0.4) is 0 Å². The second-order valence-corrected chi connectivity index (χ2v) is 18.3. The van der Waals surface area contributed by atoms with Crippen molar-refractivity contribution in [1.82, 2.24) is 14.5 Å². The molecule has 1 radical (unpaired) electrons. The Labute approximate surface area is 301 Å². The van der Waals surface area contributed by atoms with Gasteiger partial charge in [-0.1, -0.05) is 73.1 Å². The molecule has 0 fully saturated rings. The van der Waals surface area contributed by atoms with Gasteiger partial charge in [-0.25, -0.2) is 4.39 Å². The quantitative estimate of drug-likeness (QED) is 0.128. The van der Waals surface area contributed by atoms with Crippen LogP contribution in [0.25, 0.3) is 66.7 Å². The molecule has 7 heteroatoms. The average Bonchev–Trinajstić information content (AvgIpc) is 3.68. The van der Waals surface area contributed by atoms with Crippen molar-refractivity contribution in [2.24, 2.45) is 0 Å². The summed E-state index contributed by atoms with van der Waals surface area (Å²) in [5.74, 6) is 0.612. The predicted molar refractivity (Wildman–Crippen MR) is 199 cm³/mol. The zero-order chi connectivity index (χ0) is 33.4. The van der Waals surface area contributed by atoms with Crippen LogP contribution in [0.1, 0.15) is 19.9 Å². The van der Waals surface area contributed by atoms with Crippen LogP contribution >= 0.6 is 0 Å². The third kappa shape index (κ3) is 6.93. The fraction of sp³-hybridized carbons (Fsp3) is 0.143. The molecule has 4 nitrogen and oxygen atoms in total. The minimum atomic E-state index is -1.23. The van der Waals surface area contributed by atoms with Gasteiger partial charge in [0.15, 0.2) is 0 Å². The molecule has 0 spiro atoms. The van der Waals surface area contributed by atoms with Gasteiger partial charge in [-0.2, -0.15) is 0 Å². The normalized spacial score (nSPS) is 11.5. The van der Waals surface area contributed by atoms with Crippen LogP contribution < -0.4 is 5.19 Å². The summed E-state index contributed by atoms with van der Waals surface area (Å²) >= 11 is 0. The number of fused-ring (bicyclic) bond motifs is 4. The Kier molecular flexibility index (Phi) is 9.80. The smallest absolute Gasteiger partial charge is 0.123 e. The molecule has 5 aromatic carbocycles. The molecule has 0 saturated carbocycles. The summed E-state index contributed by atoms with van der Waals surface area (Å²) in [6.07, 6.45) is 2.02. The third-order valence-electron chi connectivity index (χ3n) is 8.56.